The van der Waals surface area contributed by atoms with Crippen molar-refractivity contribution in [1.29, 1.82) is 0 Å². The summed E-state index contributed by atoms with van der Waals surface area (Å²) in [6.07, 6.45) is 0.948. The highest BCUT2D eigenvalue weighted by Crippen LogP contribution is 2.29. The van der Waals surface area contributed by atoms with Crippen LogP contribution in [0.25, 0.3) is 0 Å². The molecule has 0 unspecified atom stereocenters. The smallest absolute Gasteiger partial charge is 0.339 e. The Hall–Kier alpha value is -2.24. The molecule has 0 saturated carbocycles. The second-order valence-electron chi connectivity index (χ2n) is 5.80. The number of phenols is 1. The number of carbonyl (C=O) groups is 2. The molecule has 20 heavy (non-hydrogen) atoms. The minimum absolute atomic E-state index is 0.118. The van der Waals surface area contributed by atoms with Gasteiger partial charge in [0.15, 0.2) is 0 Å². The number of urea groups is 1. The Balaban J connectivity index is 2.05. The van der Waals surface area contributed by atoms with Gasteiger partial charge in [-0.05, 0) is 24.0 Å². The van der Waals surface area contributed by atoms with Crippen LogP contribution in [-0.2, 0) is 0 Å². The predicted molar refractivity (Wildman–Crippen MR) is 74.1 cm³/mol. The highest BCUT2D eigenvalue weighted by molar-refractivity contribution is 5.94. The van der Waals surface area contributed by atoms with E-state index >= 15 is 0 Å². The molecule has 2 amide bonds. The van der Waals surface area contributed by atoms with E-state index in [4.69, 9.17) is 5.11 Å². The summed E-state index contributed by atoms with van der Waals surface area (Å²) in [5.41, 5.74) is 0.305. The maximum Gasteiger partial charge on any atom is 0.339 e. The third-order valence-electron chi connectivity index (χ3n) is 3.44. The van der Waals surface area contributed by atoms with Crippen LogP contribution in [0.15, 0.2) is 18.2 Å². The van der Waals surface area contributed by atoms with Crippen molar-refractivity contribution in [2.75, 3.05) is 18.4 Å². The third-order valence-corrected chi connectivity index (χ3v) is 3.44. The summed E-state index contributed by atoms with van der Waals surface area (Å²) in [6.45, 7) is 5.58. The molecule has 0 aromatic heterocycles. The number of hydrogen-bond acceptors (Lipinski definition) is 3. The van der Waals surface area contributed by atoms with E-state index in [0.717, 1.165) is 6.42 Å². The molecule has 1 saturated heterocycles. The van der Waals surface area contributed by atoms with E-state index in [1.165, 1.54) is 18.2 Å². The fraction of sp³-hybridized carbons (Fsp3) is 0.429. The molecule has 0 spiro atoms. The van der Waals surface area contributed by atoms with Crippen molar-refractivity contribution in [3.05, 3.63) is 23.8 Å². The molecule has 0 aliphatic carbocycles. The number of benzene rings is 1. The topological polar surface area (TPSA) is 89.9 Å². The quantitative estimate of drug-likeness (QED) is 0.774. The lowest BCUT2D eigenvalue weighted by Crippen LogP contribution is -2.34. The Morgan fingerprint density at radius 2 is 2.05 bits per heavy atom. The van der Waals surface area contributed by atoms with Crippen LogP contribution in [0, 0.1) is 5.41 Å². The van der Waals surface area contributed by atoms with Gasteiger partial charge in [0.2, 0.25) is 0 Å². The number of carboxylic acid groups (broad SMARTS) is 1. The summed E-state index contributed by atoms with van der Waals surface area (Å²) in [5, 5.41) is 21.1. The maximum absolute atomic E-state index is 12.0. The fourth-order valence-electron chi connectivity index (χ4n) is 2.28. The minimum Gasteiger partial charge on any atom is -0.507 e. The van der Waals surface area contributed by atoms with Crippen LogP contribution in [-0.4, -0.2) is 40.2 Å². The van der Waals surface area contributed by atoms with Crippen molar-refractivity contribution < 1.29 is 19.8 Å². The molecule has 1 aromatic rings. The van der Waals surface area contributed by atoms with Crippen LogP contribution >= 0.6 is 0 Å². The lowest BCUT2D eigenvalue weighted by molar-refractivity contribution is 0.0694. The van der Waals surface area contributed by atoms with Gasteiger partial charge in [0.05, 0.1) is 0 Å². The van der Waals surface area contributed by atoms with E-state index in [-0.39, 0.29) is 22.8 Å². The van der Waals surface area contributed by atoms with Crippen molar-refractivity contribution in [3.8, 4) is 5.75 Å². The summed E-state index contributed by atoms with van der Waals surface area (Å²) < 4.78 is 0. The first-order chi connectivity index (χ1) is 9.28. The number of amides is 2. The zero-order valence-electron chi connectivity index (χ0n) is 11.5. The number of carboxylic acids is 1. The molecule has 0 bridgehead atoms. The largest absolute Gasteiger partial charge is 0.507 e. The van der Waals surface area contributed by atoms with Crippen LogP contribution < -0.4 is 5.32 Å². The lowest BCUT2D eigenvalue weighted by Gasteiger charge is -2.20. The lowest BCUT2D eigenvalue weighted by atomic mass is 9.93. The normalized spacial score (nSPS) is 17.0. The van der Waals surface area contributed by atoms with Crippen molar-refractivity contribution in [1.82, 2.24) is 4.90 Å². The zero-order valence-corrected chi connectivity index (χ0v) is 11.5. The number of anilines is 1. The molecule has 1 aliphatic rings. The number of likely N-dealkylation sites (tertiary alicyclic amines) is 1. The number of nitrogens with one attached hydrogen (secondary N) is 1. The molecule has 0 atom stereocenters. The molecule has 1 heterocycles. The number of carbonyl (C=O) groups excluding carboxylic acids is 1. The average molecular weight is 278 g/mol. The zero-order chi connectivity index (χ0) is 14.9. The number of rotatable bonds is 2. The van der Waals surface area contributed by atoms with Gasteiger partial charge in [-0.3, -0.25) is 0 Å². The fourth-order valence-corrected chi connectivity index (χ4v) is 2.28. The van der Waals surface area contributed by atoms with Gasteiger partial charge in [-0.25, -0.2) is 9.59 Å². The SMILES string of the molecule is CC1(C)CCN(C(=O)Nc2ccc(C(=O)O)c(O)c2)C1. The summed E-state index contributed by atoms with van der Waals surface area (Å²) in [5.74, 6) is -1.57. The number of hydrogen-bond donors (Lipinski definition) is 3. The van der Waals surface area contributed by atoms with Crippen molar-refractivity contribution in [2.45, 2.75) is 20.3 Å². The van der Waals surface area contributed by atoms with Gasteiger partial charge in [-0.2, -0.15) is 0 Å². The minimum atomic E-state index is -1.21. The van der Waals surface area contributed by atoms with Gasteiger partial charge in [0.25, 0.3) is 0 Å². The summed E-state index contributed by atoms with van der Waals surface area (Å²) >= 11 is 0. The molecule has 108 valence electrons. The first kappa shape index (κ1) is 14.2. The summed E-state index contributed by atoms with van der Waals surface area (Å²) in [6, 6.07) is 3.73. The first-order valence-corrected chi connectivity index (χ1v) is 6.41. The highest BCUT2D eigenvalue weighted by Gasteiger charge is 2.32. The van der Waals surface area contributed by atoms with E-state index in [9.17, 15) is 14.7 Å². The Morgan fingerprint density at radius 1 is 1.35 bits per heavy atom. The first-order valence-electron chi connectivity index (χ1n) is 6.41. The van der Waals surface area contributed by atoms with Gasteiger partial charge in [-0.15, -0.1) is 0 Å². The molecule has 1 aromatic carbocycles. The van der Waals surface area contributed by atoms with E-state index in [0.29, 0.717) is 18.8 Å². The van der Waals surface area contributed by atoms with Gasteiger partial charge in [0, 0.05) is 24.8 Å². The summed E-state index contributed by atoms with van der Waals surface area (Å²) in [7, 11) is 0. The Bertz CT molecular complexity index is 554. The number of nitrogens with zero attached hydrogens (tertiary/aromatic N) is 1. The molecular weight excluding hydrogens is 260 g/mol. The van der Waals surface area contributed by atoms with Crippen molar-refractivity contribution >= 4 is 17.7 Å². The van der Waals surface area contributed by atoms with Gasteiger partial charge in [-0.1, -0.05) is 13.8 Å². The van der Waals surface area contributed by atoms with Crippen molar-refractivity contribution in [3.63, 3.8) is 0 Å². The molecule has 1 aliphatic heterocycles. The second-order valence-corrected chi connectivity index (χ2v) is 5.80. The molecule has 3 N–H and O–H groups in total. The standard InChI is InChI=1S/C14H18N2O4/c1-14(2)5-6-16(8-14)13(20)15-9-3-4-10(12(18)19)11(17)7-9/h3-4,7,17H,5-6,8H2,1-2H3,(H,15,20)(H,18,19). The van der Waals surface area contributed by atoms with E-state index in [2.05, 4.69) is 19.2 Å². The molecule has 1 fully saturated rings. The Kier molecular flexibility index (Phi) is 3.57. The second kappa shape index (κ2) is 5.03. The molecule has 6 nitrogen and oxygen atoms in total. The van der Waals surface area contributed by atoms with E-state index in [1.807, 2.05) is 0 Å². The monoisotopic (exact) mass is 278 g/mol. The Labute approximate surface area is 117 Å². The van der Waals surface area contributed by atoms with Crippen LogP contribution in [0.1, 0.15) is 30.6 Å². The molecule has 6 heteroatoms. The van der Waals surface area contributed by atoms with Crippen LogP contribution in [0.3, 0.4) is 0 Å². The van der Waals surface area contributed by atoms with Gasteiger partial charge in [0.1, 0.15) is 11.3 Å². The average Bonchev–Trinajstić information content (AvgIpc) is 2.69. The van der Waals surface area contributed by atoms with Crippen LogP contribution in [0.5, 0.6) is 5.75 Å². The predicted octanol–water partition coefficient (Wildman–Crippen LogP) is 2.35. The van der Waals surface area contributed by atoms with Crippen LogP contribution in [0.4, 0.5) is 10.5 Å². The van der Waals surface area contributed by atoms with Gasteiger partial charge < -0.3 is 20.4 Å². The van der Waals surface area contributed by atoms with Crippen LogP contribution in [0.2, 0.25) is 0 Å². The van der Waals surface area contributed by atoms with Crippen molar-refractivity contribution in [2.24, 2.45) is 5.41 Å². The molecule has 2 rings (SSSR count). The molecule has 0 radical (unpaired) electrons. The summed E-state index contributed by atoms with van der Waals surface area (Å²) in [4.78, 5) is 24.5. The highest BCUT2D eigenvalue weighted by atomic mass is 16.4. The number of aromatic hydroxyl groups is 1. The maximum atomic E-state index is 12.0. The van der Waals surface area contributed by atoms with Gasteiger partial charge >= 0.3 is 12.0 Å². The van der Waals surface area contributed by atoms with E-state index in [1.54, 1.807) is 4.90 Å². The third kappa shape index (κ3) is 3.01. The number of aromatic carboxylic acids is 1. The van der Waals surface area contributed by atoms with E-state index < -0.39 is 5.97 Å². The Morgan fingerprint density at radius 3 is 2.55 bits per heavy atom. The molecular formula is C14H18N2O4.